The molecule has 0 heterocycles. The summed E-state index contributed by atoms with van der Waals surface area (Å²) < 4.78 is 4.81. The number of esters is 1. The van der Waals surface area contributed by atoms with Crippen LogP contribution in [0.3, 0.4) is 0 Å². The van der Waals surface area contributed by atoms with Gasteiger partial charge in [-0.25, -0.2) is 0 Å². The van der Waals surface area contributed by atoms with Gasteiger partial charge in [-0.1, -0.05) is 32.6 Å². The Kier molecular flexibility index (Phi) is 9.63. The lowest BCUT2D eigenvalue weighted by molar-refractivity contribution is -0.140. The SMILES string of the molecule is CCCCCCC(Cl)COC(=O)CCl. The van der Waals surface area contributed by atoms with Crippen molar-refractivity contribution in [1.82, 2.24) is 0 Å². The number of unbranched alkanes of at least 4 members (excludes halogenated alkanes) is 3. The Hall–Kier alpha value is 0.0500. The van der Waals surface area contributed by atoms with Crippen molar-refractivity contribution in [2.75, 3.05) is 12.5 Å². The van der Waals surface area contributed by atoms with E-state index >= 15 is 0 Å². The van der Waals surface area contributed by atoms with Gasteiger partial charge in [0, 0.05) is 0 Å². The molecular formula is C10H18Cl2O2. The van der Waals surface area contributed by atoms with Gasteiger partial charge in [0.15, 0.2) is 0 Å². The fourth-order valence-electron chi connectivity index (χ4n) is 1.10. The lowest BCUT2D eigenvalue weighted by Crippen LogP contribution is -2.14. The molecule has 1 atom stereocenters. The first-order valence-corrected chi connectivity index (χ1v) is 6.03. The molecule has 0 spiro atoms. The second-order valence-electron chi connectivity index (χ2n) is 3.26. The van der Waals surface area contributed by atoms with Crippen molar-refractivity contribution >= 4 is 29.2 Å². The average Bonchev–Trinajstić information content (AvgIpc) is 2.21. The zero-order valence-electron chi connectivity index (χ0n) is 8.60. The molecule has 0 fully saturated rings. The van der Waals surface area contributed by atoms with Crippen LogP contribution in [0.4, 0.5) is 0 Å². The smallest absolute Gasteiger partial charge is 0.320 e. The van der Waals surface area contributed by atoms with E-state index in [1.165, 1.54) is 19.3 Å². The van der Waals surface area contributed by atoms with E-state index in [4.69, 9.17) is 27.9 Å². The minimum Gasteiger partial charge on any atom is -0.463 e. The number of hydrogen-bond acceptors (Lipinski definition) is 2. The summed E-state index contributed by atoms with van der Waals surface area (Å²) in [5, 5.41) is -0.0703. The van der Waals surface area contributed by atoms with E-state index < -0.39 is 5.97 Å². The van der Waals surface area contributed by atoms with Crippen LogP contribution in [0.15, 0.2) is 0 Å². The quantitative estimate of drug-likeness (QED) is 0.370. The number of carbonyl (C=O) groups excluding carboxylic acids is 1. The van der Waals surface area contributed by atoms with Gasteiger partial charge in [-0.15, -0.1) is 23.2 Å². The number of carbonyl (C=O) groups is 1. The van der Waals surface area contributed by atoms with E-state index in [0.717, 1.165) is 12.8 Å². The van der Waals surface area contributed by atoms with Crippen LogP contribution >= 0.6 is 23.2 Å². The third-order valence-electron chi connectivity index (χ3n) is 1.91. The molecule has 0 aliphatic rings. The van der Waals surface area contributed by atoms with Crippen LogP contribution in [-0.2, 0) is 9.53 Å². The zero-order chi connectivity index (χ0) is 10.8. The number of alkyl halides is 2. The summed E-state index contributed by atoms with van der Waals surface area (Å²) >= 11 is 11.2. The second-order valence-corrected chi connectivity index (χ2v) is 4.15. The predicted octanol–water partition coefficient (Wildman–Crippen LogP) is 3.35. The number of rotatable bonds is 8. The van der Waals surface area contributed by atoms with Crippen LogP contribution in [0.5, 0.6) is 0 Å². The van der Waals surface area contributed by atoms with E-state index in [2.05, 4.69) is 6.92 Å². The highest BCUT2D eigenvalue weighted by molar-refractivity contribution is 6.26. The molecule has 84 valence electrons. The minimum absolute atomic E-state index is 0.0703. The average molecular weight is 241 g/mol. The van der Waals surface area contributed by atoms with Gasteiger partial charge in [0.2, 0.25) is 0 Å². The van der Waals surface area contributed by atoms with Crippen LogP contribution < -0.4 is 0 Å². The van der Waals surface area contributed by atoms with E-state index in [0.29, 0.717) is 0 Å². The van der Waals surface area contributed by atoms with Gasteiger partial charge in [0.25, 0.3) is 0 Å². The van der Waals surface area contributed by atoms with Crippen molar-refractivity contribution in [2.45, 2.75) is 44.4 Å². The van der Waals surface area contributed by atoms with Gasteiger partial charge in [-0.3, -0.25) is 4.79 Å². The second kappa shape index (κ2) is 9.60. The van der Waals surface area contributed by atoms with Gasteiger partial charge < -0.3 is 4.74 Å². The Balaban J connectivity index is 3.27. The summed E-state index contributed by atoms with van der Waals surface area (Å²) in [6.07, 6.45) is 5.65. The minimum atomic E-state index is -0.397. The maximum absolute atomic E-state index is 10.7. The molecule has 0 amide bonds. The third-order valence-corrected chi connectivity index (χ3v) is 2.47. The summed E-state index contributed by atoms with van der Waals surface area (Å²) in [6, 6.07) is 0. The number of ether oxygens (including phenoxy) is 1. The van der Waals surface area contributed by atoms with Crippen molar-refractivity contribution in [3.05, 3.63) is 0 Å². The van der Waals surface area contributed by atoms with E-state index in [9.17, 15) is 4.79 Å². The molecule has 2 nitrogen and oxygen atoms in total. The van der Waals surface area contributed by atoms with Crippen LogP contribution in [0.25, 0.3) is 0 Å². The standard InChI is InChI=1S/C10H18Cl2O2/c1-2-3-4-5-6-9(12)8-14-10(13)7-11/h9H,2-8H2,1H3. The first-order chi connectivity index (χ1) is 6.70. The number of halogens is 2. The molecule has 0 aromatic carbocycles. The first-order valence-electron chi connectivity index (χ1n) is 5.06. The maximum Gasteiger partial charge on any atom is 0.320 e. The molecule has 0 saturated carbocycles. The molecule has 0 aromatic rings. The van der Waals surface area contributed by atoms with Crippen molar-refractivity contribution in [2.24, 2.45) is 0 Å². The molecule has 1 unspecified atom stereocenters. The Morgan fingerprint density at radius 3 is 2.64 bits per heavy atom. The Bertz CT molecular complexity index is 151. The van der Waals surface area contributed by atoms with Gasteiger partial charge in [0.1, 0.15) is 12.5 Å². The van der Waals surface area contributed by atoms with Crippen molar-refractivity contribution in [3.8, 4) is 0 Å². The van der Waals surface area contributed by atoms with Gasteiger partial charge >= 0.3 is 5.97 Å². The topological polar surface area (TPSA) is 26.3 Å². The summed E-state index contributed by atoms with van der Waals surface area (Å²) in [4.78, 5) is 10.7. The molecule has 0 aromatic heterocycles. The van der Waals surface area contributed by atoms with Crippen molar-refractivity contribution in [3.63, 3.8) is 0 Å². The van der Waals surface area contributed by atoms with Crippen molar-refractivity contribution in [1.29, 1.82) is 0 Å². The normalized spacial score (nSPS) is 12.5. The van der Waals surface area contributed by atoms with E-state index in [1.54, 1.807) is 0 Å². The number of hydrogen-bond donors (Lipinski definition) is 0. The molecule has 4 heteroatoms. The molecule has 14 heavy (non-hydrogen) atoms. The van der Waals surface area contributed by atoms with E-state index in [1.807, 2.05) is 0 Å². The molecule has 0 bridgehead atoms. The molecule has 0 aliphatic heterocycles. The lowest BCUT2D eigenvalue weighted by atomic mass is 10.1. The molecule has 0 rings (SSSR count). The van der Waals surface area contributed by atoms with E-state index in [-0.39, 0.29) is 17.9 Å². The summed E-state index contributed by atoms with van der Waals surface area (Å²) in [6.45, 7) is 2.44. The first kappa shape index (κ1) is 14.1. The van der Waals surface area contributed by atoms with Gasteiger partial charge in [0.05, 0.1) is 5.38 Å². The molecule has 0 radical (unpaired) electrons. The molecule has 0 saturated heterocycles. The Morgan fingerprint density at radius 1 is 1.36 bits per heavy atom. The fourth-order valence-corrected chi connectivity index (χ4v) is 1.39. The molecular weight excluding hydrogens is 223 g/mol. The highest BCUT2D eigenvalue weighted by Crippen LogP contribution is 2.10. The van der Waals surface area contributed by atoms with Gasteiger partial charge in [-0.05, 0) is 6.42 Å². The Labute approximate surface area is 95.9 Å². The highest BCUT2D eigenvalue weighted by Gasteiger charge is 2.07. The van der Waals surface area contributed by atoms with Crippen LogP contribution in [0.2, 0.25) is 0 Å². The van der Waals surface area contributed by atoms with Crippen LogP contribution in [0.1, 0.15) is 39.0 Å². The monoisotopic (exact) mass is 240 g/mol. The summed E-state index contributed by atoms with van der Waals surface area (Å²) in [7, 11) is 0. The Morgan fingerprint density at radius 2 is 2.07 bits per heavy atom. The van der Waals surface area contributed by atoms with Crippen LogP contribution in [0, 0.1) is 0 Å². The largest absolute Gasteiger partial charge is 0.463 e. The predicted molar refractivity (Wildman–Crippen MR) is 60.1 cm³/mol. The molecule has 0 aliphatic carbocycles. The maximum atomic E-state index is 10.7. The lowest BCUT2D eigenvalue weighted by Gasteiger charge is -2.09. The zero-order valence-corrected chi connectivity index (χ0v) is 10.1. The van der Waals surface area contributed by atoms with Crippen molar-refractivity contribution < 1.29 is 9.53 Å². The fraction of sp³-hybridized carbons (Fsp3) is 0.900. The molecule has 0 N–H and O–H groups in total. The highest BCUT2D eigenvalue weighted by atomic mass is 35.5. The van der Waals surface area contributed by atoms with Crippen LogP contribution in [-0.4, -0.2) is 23.8 Å². The summed E-state index contributed by atoms with van der Waals surface area (Å²) in [5.41, 5.74) is 0. The summed E-state index contributed by atoms with van der Waals surface area (Å²) in [5.74, 6) is -0.495. The van der Waals surface area contributed by atoms with Gasteiger partial charge in [-0.2, -0.15) is 0 Å². The third kappa shape index (κ3) is 8.64.